The van der Waals surface area contributed by atoms with Crippen LogP contribution in [0.2, 0.25) is 5.02 Å². The van der Waals surface area contributed by atoms with E-state index in [0.717, 1.165) is 0 Å². The van der Waals surface area contributed by atoms with Gasteiger partial charge in [-0.15, -0.1) is 0 Å². The van der Waals surface area contributed by atoms with Crippen molar-refractivity contribution in [1.82, 2.24) is 19.9 Å². The minimum atomic E-state index is -0.472. The average Bonchev–Trinajstić information content (AvgIpc) is 3.45. The van der Waals surface area contributed by atoms with Crippen LogP contribution in [0, 0.1) is 5.82 Å². The van der Waals surface area contributed by atoms with Crippen molar-refractivity contribution in [2.24, 2.45) is 0 Å². The second kappa shape index (κ2) is 12.6. The van der Waals surface area contributed by atoms with Crippen molar-refractivity contribution in [3.05, 3.63) is 101 Å². The molecule has 0 saturated carbocycles. The Morgan fingerprint density at radius 3 is 2.49 bits per heavy atom. The zero-order chi connectivity index (χ0) is 28.9. The molecule has 0 spiro atoms. The molecule has 2 amide bonds. The summed E-state index contributed by atoms with van der Waals surface area (Å²) in [6.45, 7) is 6.41. The fraction of sp³-hybridized carbons (Fsp3) is 0.290. The van der Waals surface area contributed by atoms with Crippen molar-refractivity contribution in [2.75, 3.05) is 31.1 Å². The lowest BCUT2D eigenvalue weighted by atomic mass is 10.1. The zero-order valence-electron chi connectivity index (χ0n) is 23.0. The van der Waals surface area contributed by atoms with Crippen molar-refractivity contribution >= 4 is 29.1 Å². The minimum Gasteiger partial charge on any atom is -0.355 e. The SMILES string of the molecule is CC(C)N1CCCN(C(=O)c2ccccn2)c2cc(F)ccc2CN(C(=O)c2cc(-c3ccccc3Cl)on2)CC1. The van der Waals surface area contributed by atoms with Gasteiger partial charge in [-0.25, -0.2) is 4.39 Å². The van der Waals surface area contributed by atoms with Crippen LogP contribution in [0.25, 0.3) is 11.3 Å². The van der Waals surface area contributed by atoms with Crippen LogP contribution in [0.3, 0.4) is 0 Å². The van der Waals surface area contributed by atoms with Gasteiger partial charge < -0.3 is 14.3 Å². The topological polar surface area (TPSA) is 82.8 Å². The first-order valence-corrected chi connectivity index (χ1v) is 14.0. The average molecular weight is 576 g/mol. The number of anilines is 1. The number of aromatic nitrogens is 2. The molecular weight excluding hydrogens is 545 g/mol. The van der Waals surface area contributed by atoms with Crippen LogP contribution in [0.1, 0.15) is 46.8 Å². The Kier molecular flexibility index (Phi) is 8.75. The Hall–Kier alpha value is -4.08. The van der Waals surface area contributed by atoms with E-state index in [-0.39, 0.29) is 35.8 Å². The Morgan fingerprint density at radius 1 is 0.927 bits per heavy atom. The molecule has 1 aliphatic heterocycles. The number of benzene rings is 2. The highest BCUT2D eigenvalue weighted by Crippen LogP contribution is 2.30. The number of fused-ring (bicyclic) bond motifs is 1. The molecule has 0 bridgehead atoms. The van der Waals surface area contributed by atoms with Crippen LogP contribution in [0.15, 0.2) is 77.4 Å². The maximum atomic E-state index is 14.6. The number of hydrogen-bond donors (Lipinski definition) is 0. The van der Waals surface area contributed by atoms with E-state index in [1.54, 1.807) is 58.5 Å². The van der Waals surface area contributed by atoms with Crippen LogP contribution < -0.4 is 4.90 Å². The van der Waals surface area contributed by atoms with E-state index >= 15 is 0 Å². The monoisotopic (exact) mass is 575 g/mol. The van der Waals surface area contributed by atoms with Crippen LogP contribution in [-0.4, -0.2) is 64.0 Å². The number of carbonyl (C=O) groups is 2. The molecule has 4 aromatic rings. The number of amides is 2. The minimum absolute atomic E-state index is 0.135. The van der Waals surface area contributed by atoms with Gasteiger partial charge in [-0.2, -0.15) is 0 Å². The van der Waals surface area contributed by atoms with Gasteiger partial charge in [0, 0.05) is 56.6 Å². The predicted molar refractivity (Wildman–Crippen MR) is 155 cm³/mol. The maximum absolute atomic E-state index is 14.6. The molecule has 0 N–H and O–H groups in total. The summed E-state index contributed by atoms with van der Waals surface area (Å²) in [5, 5.41) is 4.54. The molecule has 2 aromatic heterocycles. The Balaban J connectivity index is 1.52. The molecule has 0 radical (unpaired) electrons. The number of pyridine rings is 1. The van der Waals surface area contributed by atoms with Gasteiger partial charge in [0.15, 0.2) is 11.5 Å². The molecule has 1 aliphatic rings. The van der Waals surface area contributed by atoms with E-state index in [4.69, 9.17) is 16.1 Å². The summed E-state index contributed by atoms with van der Waals surface area (Å²) in [6.07, 6.45) is 2.22. The Bertz CT molecular complexity index is 1530. The molecular formula is C31H31ClFN5O3. The number of rotatable bonds is 4. The van der Waals surface area contributed by atoms with Crippen molar-refractivity contribution in [1.29, 1.82) is 0 Å². The third-order valence-corrected chi connectivity index (χ3v) is 7.53. The quantitative estimate of drug-likeness (QED) is 0.300. The van der Waals surface area contributed by atoms with E-state index < -0.39 is 5.82 Å². The van der Waals surface area contributed by atoms with Gasteiger partial charge in [-0.1, -0.05) is 41.0 Å². The molecule has 2 aromatic carbocycles. The predicted octanol–water partition coefficient (Wildman–Crippen LogP) is 5.93. The molecule has 0 aliphatic carbocycles. The van der Waals surface area contributed by atoms with Crippen molar-refractivity contribution < 1.29 is 18.5 Å². The van der Waals surface area contributed by atoms with Crippen molar-refractivity contribution in [3.63, 3.8) is 0 Å². The Morgan fingerprint density at radius 2 is 1.73 bits per heavy atom. The van der Waals surface area contributed by atoms with E-state index in [1.807, 2.05) is 12.1 Å². The van der Waals surface area contributed by atoms with Gasteiger partial charge in [-0.3, -0.25) is 19.5 Å². The number of nitrogens with zero attached hydrogens (tertiary/aromatic N) is 5. The largest absolute Gasteiger partial charge is 0.355 e. The third-order valence-electron chi connectivity index (χ3n) is 7.20. The van der Waals surface area contributed by atoms with Crippen LogP contribution in [0.5, 0.6) is 0 Å². The second-order valence-corrected chi connectivity index (χ2v) is 10.6. The molecule has 0 atom stereocenters. The molecule has 0 unspecified atom stereocenters. The van der Waals surface area contributed by atoms with Gasteiger partial charge in [0.25, 0.3) is 11.8 Å². The van der Waals surface area contributed by atoms with Gasteiger partial charge >= 0.3 is 0 Å². The van der Waals surface area contributed by atoms with E-state index in [0.29, 0.717) is 60.2 Å². The number of halogens is 2. The normalized spacial score (nSPS) is 15.0. The summed E-state index contributed by atoms with van der Waals surface area (Å²) in [7, 11) is 0. The summed E-state index contributed by atoms with van der Waals surface area (Å²) in [5.74, 6) is -0.755. The summed E-state index contributed by atoms with van der Waals surface area (Å²) in [4.78, 5) is 37.2. The first kappa shape index (κ1) is 28.4. The summed E-state index contributed by atoms with van der Waals surface area (Å²) in [6, 6.07) is 18.4. The Labute approximate surface area is 243 Å². The molecule has 3 heterocycles. The van der Waals surface area contributed by atoms with E-state index in [2.05, 4.69) is 28.9 Å². The van der Waals surface area contributed by atoms with Gasteiger partial charge in [0.1, 0.15) is 11.5 Å². The molecule has 0 fully saturated rings. The van der Waals surface area contributed by atoms with Crippen molar-refractivity contribution in [3.8, 4) is 11.3 Å². The first-order chi connectivity index (χ1) is 19.8. The van der Waals surface area contributed by atoms with Gasteiger partial charge in [0.05, 0.1) is 10.7 Å². The highest BCUT2D eigenvalue weighted by Gasteiger charge is 2.28. The smallest absolute Gasteiger partial charge is 0.276 e. The van der Waals surface area contributed by atoms with Crippen LogP contribution >= 0.6 is 11.6 Å². The van der Waals surface area contributed by atoms with Gasteiger partial charge in [-0.05, 0) is 62.2 Å². The molecule has 212 valence electrons. The van der Waals surface area contributed by atoms with E-state index in [9.17, 15) is 14.0 Å². The molecule has 41 heavy (non-hydrogen) atoms. The van der Waals surface area contributed by atoms with E-state index in [1.165, 1.54) is 12.1 Å². The van der Waals surface area contributed by atoms with Crippen LogP contribution in [-0.2, 0) is 6.54 Å². The number of carbonyl (C=O) groups excluding carboxylic acids is 2. The molecule has 8 nitrogen and oxygen atoms in total. The first-order valence-electron chi connectivity index (χ1n) is 13.6. The fourth-order valence-electron chi connectivity index (χ4n) is 4.97. The standard InChI is InChI=1S/C31H31ClFN5O3/c1-21(2)36-14-7-15-38(31(40)26-10-5-6-13-34-26)28-18-23(33)12-11-22(28)20-37(17-16-36)30(39)27-19-29(41-35-27)24-8-3-4-9-25(24)32/h3-6,8-13,18-19,21H,7,14-17,20H2,1-2H3. The fourth-order valence-corrected chi connectivity index (χ4v) is 5.20. The summed E-state index contributed by atoms with van der Waals surface area (Å²) in [5.41, 5.74) is 2.08. The second-order valence-electron chi connectivity index (χ2n) is 10.2. The van der Waals surface area contributed by atoms with Gasteiger partial charge in [0.2, 0.25) is 0 Å². The summed E-state index contributed by atoms with van der Waals surface area (Å²) >= 11 is 6.33. The highest BCUT2D eigenvalue weighted by molar-refractivity contribution is 6.33. The lowest BCUT2D eigenvalue weighted by Gasteiger charge is -2.29. The molecule has 10 heteroatoms. The molecule has 0 saturated heterocycles. The third kappa shape index (κ3) is 6.47. The van der Waals surface area contributed by atoms with Crippen molar-refractivity contribution in [2.45, 2.75) is 32.9 Å². The molecule has 5 rings (SSSR count). The lowest BCUT2D eigenvalue weighted by Crippen LogP contribution is -2.41. The number of hydrogen-bond acceptors (Lipinski definition) is 6. The summed E-state index contributed by atoms with van der Waals surface area (Å²) < 4.78 is 20.1. The van der Waals surface area contributed by atoms with Crippen LogP contribution in [0.4, 0.5) is 10.1 Å². The maximum Gasteiger partial charge on any atom is 0.276 e. The lowest BCUT2D eigenvalue weighted by molar-refractivity contribution is 0.0701. The zero-order valence-corrected chi connectivity index (χ0v) is 23.7. The highest BCUT2D eigenvalue weighted by atomic mass is 35.5.